The Hall–Kier alpha value is -0.960. The van der Waals surface area contributed by atoms with Gasteiger partial charge in [-0.15, -0.1) is 0 Å². The molecule has 16 heavy (non-hydrogen) atoms. The Kier molecular flexibility index (Phi) is 3.24. The lowest BCUT2D eigenvalue weighted by Gasteiger charge is -2.24. The SMILES string of the molecule is CC(C)(C)NCc1cnc(C2CCC2)nc1. The van der Waals surface area contributed by atoms with Crippen molar-refractivity contribution in [2.24, 2.45) is 0 Å². The molecule has 0 saturated heterocycles. The Morgan fingerprint density at radius 1 is 1.25 bits per heavy atom. The van der Waals surface area contributed by atoms with Gasteiger partial charge < -0.3 is 5.32 Å². The maximum atomic E-state index is 4.45. The van der Waals surface area contributed by atoms with Crippen molar-refractivity contribution in [3.05, 3.63) is 23.8 Å². The lowest BCUT2D eigenvalue weighted by Crippen LogP contribution is -2.35. The van der Waals surface area contributed by atoms with Gasteiger partial charge in [0.25, 0.3) is 0 Å². The zero-order chi connectivity index (χ0) is 11.6. The summed E-state index contributed by atoms with van der Waals surface area (Å²) in [4.78, 5) is 8.90. The maximum absolute atomic E-state index is 4.45. The fourth-order valence-electron chi connectivity index (χ4n) is 1.70. The van der Waals surface area contributed by atoms with Gasteiger partial charge in [0.2, 0.25) is 0 Å². The van der Waals surface area contributed by atoms with E-state index in [1.807, 2.05) is 12.4 Å². The van der Waals surface area contributed by atoms with Gasteiger partial charge in [0.15, 0.2) is 0 Å². The highest BCUT2D eigenvalue weighted by Gasteiger charge is 2.21. The molecule has 0 aromatic carbocycles. The van der Waals surface area contributed by atoms with E-state index in [4.69, 9.17) is 0 Å². The van der Waals surface area contributed by atoms with E-state index in [0.717, 1.165) is 17.9 Å². The number of rotatable bonds is 3. The molecule has 88 valence electrons. The van der Waals surface area contributed by atoms with Crippen LogP contribution < -0.4 is 5.32 Å². The molecule has 1 saturated carbocycles. The fraction of sp³-hybridized carbons (Fsp3) is 0.692. The van der Waals surface area contributed by atoms with E-state index in [1.54, 1.807) is 0 Å². The molecule has 1 aromatic heterocycles. The van der Waals surface area contributed by atoms with Crippen LogP contribution in [-0.4, -0.2) is 15.5 Å². The van der Waals surface area contributed by atoms with Gasteiger partial charge in [0, 0.05) is 36.0 Å². The van der Waals surface area contributed by atoms with Crippen molar-refractivity contribution < 1.29 is 0 Å². The van der Waals surface area contributed by atoms with Crippen LogP contribution in [-0.2, 0) is 6.54 Å². The lowest BCUT2D eigenvalue weighted by atomic mass is 9.85. The average Bonchev–Trinajstić information content (AvgIpc) is 2.13. The summed E-state index contributed by atoms with van der Waals surface area (Å²) >= 11 is 0. The minimum Gasteiger partial charge on any atom is -0.308 e. The van der Waals surface area contributed by atoms with Crippen molar-refractivity contribution >= 4 is 0 Å². The first-order chi connectivity index (χ1) is 7.54. The van der Waals surface area contributed by atoms with Gasteiger partial charge in [-0.05, 0) is 33.6 Å². The molecule has 0 unspecified atom stereocenters. The first-order valence-electron chi connectivity index (χ1n) is 6.10. The van der Waals surface area contributed by atoms with E-state index in [9.17, 15) is 0 Å². The van der Waals surface area contributed by atoms with Gasteiger partial charge >= 0.3 is 0 Å². The molecule has 1 aliphatic rings. The highest BCUT2D eigenvalue weighted by molar-refractivity contribution is 5.09. The van der Waals surface area contributed by atoms with Crippen molar-refractivity contribution in [3.63, 3.8) is 0 Å². The minimum absolute atomic E-state index is 0.145. The van der Waals surface area contributed by atoms with Gasteiger partial charge in [0.1, 0.15) is 5.82 Å². The van der Waals surface area contributed by atoms with Gasteiger partial charge in [-0.2, -0.15) is 0 Å². The van der Waals surface area contributed by atoms with Crippen LogP contribution in [0.2, 0.25) is 0 Å². The summed E-state index contributed by atoms with van der Waals surface area (Å²) in [5.41, 5.74) is 1.31. The normalized spacial score (nSPS) is 17.2. The third kappa shape index (κ3) is 3.01. The van der Waals surface area contributed by atoms with Crippen LogP contribution >= 0.6 is 0 Å². The Morgan fingerprint density at radius 3 is 2.31 bits per heavy atom. The Bertz CT molecular complexity index is 333. The van der Waals surface area contributed by atoms with Gasteiger partial charge in [0.05, 0.1) is 0 Å². The summed E-state index contributed by atoms with van der Waals surface area (Å²) in [5.74, 6) is 1.66. The van der Waals surface area contributed by atoms with Crippen LogP contribution in [0.15, 0.2) is 12.4 Å². The third-order valence-corrected chi connectivity index (χ3v) is 3.02. The number of aromatic nitrogens is 2. The van der Waals surface area contributed by atoms with Gasteiger partial charge in [-0.25, -0.2) is 9.97 Å². The molecular weight excluding hydrogens is 198 g/mol. The van der Waals surface area contributed by atoms with E-state index >= 15 is 0 Å². The molecule has 2 rings (SSSR count). The van der Waals surface area contributed by atoms with E-state index in [-0.39, 0.29) is 5.54 Å². The largest absolute Gasteiger partial charge is 0.308 e. The number of nitrogens with one attached hydrogen (secondary N) is 1. The second-order valence-electron chi connectivity index (χ2n) is 5.68. The highest BCUT2D eigenvalue weighted by atomic mass is 15.0. The molecule has 3 heteroatoms. The second kappa shape index (κ2) is 4.50. The molecule has 0 bridgehead atoms. The molecule has 1 aliphatic carbocycles. The van der Waals surface area contributed by atoms with Crippen LogP contribution in [0.25, 0.3) is 0 Å². The average molecular weight is 219 g/mol. The van der Waals surface area contributed by atoms with Crippen molar-refractivity contribution in [2.45, 2.75) is 58.0 Å². The fourth-order valence-corrected chi connectivity index (χ4v) is 1.70. The molecule has 0 aliphatic heterocycles. The van der Waals surface area contributed by atoms with Crippen LogP contribution in [0, 0.1) is 0 Å². The highest BCUT2D eigenvalue weighted by Crippen LogP contribution is 2.33. The zero-order valence-electron chi connectivity index (χ0n) is 10.5. The Labute approximate surface area is 97.7 Å². The van der Waals surface area contributed by atoms with Crippen LogP contribution in [0.4, 0.5) is 0 Å². The molecule has 1 aromatic rings. The molecule has 0 amide bonds. The standard InChI is InChI=1S/C13H21N3/c1-13(2,3)16-9-10-7-14-12(15-8-10)11-5-4-6-11/h7-8,11,16H,4-6,9H2,1-3H3. The van der Waals surface area contributed by atoms with Crippen molar-refractivity contribution in [1.82, 2.24) is 15.3 Å². The molecule has 1 heterocycles. The number of hydrogen-bond donors (Lipinski definition) is 1. The minimum atomic E-state index is 0.145. The van der Waals surface area contributed by atoms with Crippen molar-refractivity contribution in [3.8, 4) is 0 Å². The lowest BCUT2D eigenvalue weighted by molar-refractivity contribution is 0.399. The van der Waals surface area contributed by atoms with Crippen LogP contribution in [0.1, 0.15) is 57.3 Å². The predicted molar refractivity (Wildman–Crippen MR) is 65.2 cm³/mol. The molecule has 0 radical (unpaired) electrons. The monoisotopic (exact) mass is 219 g/mol. The summed E-state index contributed by atoms with van der Waals surface area (Å²) in [5, 5.41) is 3.43. The summed E-state index contributed by atoms with van der Waals surface area (Å²) in [6, 6.07) is 0. The first kappa shape index (κ1) is 11.5. The van der Waals surface area contributed by atoms with Gasteiger partial charge in [-0.1, -0.05) is 6.42 Å². The van der Waals surface area contributed by atoms with Gasteiger partial charge in [-0.3, -0.25) is 0 Å². The summed E-state index contributed by atoms with van der Waals surface area (Å²) in [7, 11) is 0. The van der Waals surface area contributed by atoms with Crippen LogP contribution in [0.3, 0.4) is 0 Å². The summed E-state index contributed by atoms with van der Waals surface area (Å²) in [6.45, 7) is 7.33. The van der Waals surface area contributed by atoms with Crippen molar-refractivity contribution in [1.29, 1.82) is 0 Å². The number of nitrogens with zero attached hydrogens (tertiary/aromatic N) is 2. The third-order valence-electron chi connectivity index (χ3n) is 3.02. The molecule has 3 nitrogen and oxygen atoms in total. The summed E-state index contributed by atoms with van der Waals surface area (Å²) < 4.78 is 0. The predicted octanol–water partition coefficient (Wildman–Crippen LogP) is 2.63. The number of hydrogen-bond acceptors (Lipinski definition) is 3. The molecule has 0 spiro atoms. The van der Waals surface area contributed by atoms with Crippen LogP contribution in [0.5, 0.6) is 0 Å². The summed E-state index contributed by atoms with van der Waals surface area (Å²) in [6.07, 6.45) is 7.78. The topological polar surface area (TPSA) is 37.8 Å². The molecule has 1 fully saturated rings. The van der Waals surface area contributed by atoms with Crippen molar-refractivity contribution in [2.75, 3.05) is 0 Å². The first-order valence-corrected chi connectivity index (χ1v) is 6.10. The Balaban J connectivity index is 1.91. The maximum Gasteiger partial charge on any atom is 0.131 e. The second-order valence-corrected chi connectivity index (χ2v) is 5.68. The zero-order valence-corrected chi connectivity index (χ0v) is 10.5. The molecular formula is C13H21N3. The Morgan fingerprint density at radius 2 is 1.88 bits per heavy atom. The van der Waals surface area contributed by atoms with E-state index in [2.05, 4.69) is 36.1 Å². The van der Waals surface area contributed by atoms with E-state index < -0.39 is 0 Å². The molecule has 0 atom stereocenters. The quantitative estimate of drug-likeness (QED) is 0.849. The van der Waals surface area contributed by atoms with E-state index in [0.29, 0.717) is 5.92 Å². The van der Waals surface area contributed by atoms with E-state index in [1.165, 1.54) is 19.3 Å². The smallest absolute Gasteiger partial charge is 0.131 e. The molecule has 1 N–H and O–H groups in total.